The van der Waals surface area contributed by atoms with Crippen LogP contribution in [0.3, 0.4) is 0 Å². The summed E-state index contributed by atoms with van der Waals surface area (Å²) < 4.78 is 2.21. The molecule has 2 heterocycles. The highest BCUT2D eigenvalue weighted by atomic mass is 35.5. The van der Waals surface area contributed by atoms with Crippen LogP contribution in [0.1, 0.15) is 31.3 Å². The fourth-order valence-electron chi connectivity index (χ4n) is 2.02. The van der Waals surface area contributed by atoms with Crippen molar-refractivity contribution in [2.75, 3.05) is 0 Å². The van der Waals surface area contributed by atoms with Crippen molar-refractivity contribution in [1.29, 1.82) is 0 Å². The van der Waals surface area contributed by atoms with Crippen LogP contribution >= 0.6 is 11.6 Å². The summed E-state index contributed by atoms with van der Waals surface area (Å²) in [5, 5.41) is 0.681. The molecule has 0 fully saturated rings. The highest BCUT2D eigenvalue weighted by Gasteiger charge is 2.21. The predicted molar refractivity (Wildman–Crippen MR) is 57.5 cm³/mol. The van der Waals surface area contributed by atoms with Crippen LogP contribution in [0.25, 0.3) is 0 Å². The molecule has 0 amide bonds. The first-order valence-electron chi connectivity index (χ1n) is 5.21. The van der Waals surface area contributed by atoms with E-state index in [0.717, 1.165) is 38.1 Å². The van der Waals surface area contributed by atoms with E-state index >= 15 is 0 Å². The highest BCUT2D eigenvalue weighted by molar-refractivity contribution is 6.30. The SMILES string of the molecule is CCCc1nc(Cl)c2n1CC(N)CC2. The molecule has 0 saturated heterocycles. The molecule has 0 aliphatic carbocycles. The number of rotatable bonds is 2. The lowest BCUT2D eigenvalue weighted by atomic mass is 10.1. The van der Waals surface area contributed by atoms with Gasteiger partial charge in [-0.05, 0) is 19.3 Å². The number of hydrogen-bond donors (Lipinski definition) is 1. The number of aromatic nitrogens is 2. The molecular weight excluding hydrogens is 198 g/mol. The zero-order valence-corrected chi connectivity index (χ0v) is 9.22. The Balaban J connectivity index is 2.34. The Morgan fingerprint density at radius 3 is 3.14 bits per heavy atom. The van der Waals surface area contributed by atoms with E-state index in [1.165, 1.54) is 5.69 Å². The van der Waals surface area contributed by atoms with Crippen LogP contribution in [0, 0.1) is 0 Å². The molecule has 1 aromatic rings. The zero-order valence-electron chi connectivity index (χ0n) is 8.46. The number of halogens is 1. The van der Waals surface area contributed by atoms with E-state index in [2.05, 4.69) is 16.5 Å². The van der Waals surface area contributed by atoms with Crippen LogP contribution in [0.4, 0.5) is 0 Å². The van der Waals surface area contributed by atoms with Gasteiger partial charge in [0.1, 0.15) is 5.82 Å². The fourth-order valence-corrected chi connectivity index (χ4v) is 2.32. The molecule has 0 aromatic carbocycles. The van der Waals surface area contributed by atoms with Gasteiger partial charge in [-0.25, -0.2) is 4.98 Å². The molecule has 2 rings (SSSR count). The highest BCUT2D eigenvalue weighted by Crippen LogP contribution is 2.24. The van der Waals surface area contributed by atoms with Crippen molar-refractivity contribution in [3.05, 3.63) is 16.7 Å². The van der Waals surface area contributed by atoms with Gasteiger partial charge in [0.25, 0.3) is 0 Å². The third kappa shape index (κ3) is 1.66. The first-order valence-corrected chi connectivity index (χ1v) is 5.59. The second-order valence-corrected chi connectivity index (χ2v) is 4.28. The Kier molecular flexibility index (Phi) is 2.79. The van der Waals surface area contributed by atoms with Gasteiger partial charge in [0.05, 0.1) is 5.69 Å². The molecule has 1 atom stereocenters. The summed E-state index contributed by atoms with van der Waals surface area (Å²) >= 11 is 6.07. The van der Waals surface area contributed by atoms with Gasteiger partial charge in [0.15, 0.2) is 5.15 Å². The van der Waals surface area contributed by atoms with Crippen molar-refractivity contribution in [3.8, 4) is 0 Å². The molecule has 0 spiro atoms. The smallest absolute Gasteiger partial charge is 0.150 e. The van der Waals surface area contributed by atoms with Crippen molar-refractivity contribution in [2.24, 2.45) is 5.73 Å². The van der Waals surface area contributed by atoms with E-state index in [-0.39, 0.29) is 6.04 Å². The molecule has 2 N–H and O–H groups in total. The summed E-state index contributed by atoms with van der Waals surface area (Å²) in [5.41, 5.74) is 7.11. The van der Waals surface area contributed by atoms with Crippen LogP contribution in [0.2, 0.25) is 5.15 Å². The van der Waals surface area contributed by atoms with Gasteiger partial charge in [0.2, 0.25) is 0 Å². The van der Waals surface area contributed by atoms with E-state index in [1.807, 2.05) is 0 Å². The van der Waals surface area contributed by atoms with Crippen molar-refractivity contribution in [1.82, 2.24) is 9.55 Å². The summed E-state index contributed by atoms with van der Waals surface area (Å²) in [4.78, 5) is 4.39. The molecule has 1 aromatic heterocycles. The molecular formula is C10H16ClN3. The third-order valence-corrected chi connectivity index (χ3v) is 3.05. The number of nitrogens with zero attached hydrogens (tertiary/aromatic N) is 2. The molecule has 0 bridgehead atoms. The number of imidazole rings is 1. The zero-order chi connectivity index (χ0) is 10.1. The Morgan fingerprint density at radius 1 is 1.64 bits per heavy atom. The summed E-state index contributed by atoms with van der Waals surface area (Å²) in [6, 6.07) is 0.267. The van der Waals surface area contributed by atoms with Gasteiger partial charge in [0, 0.05) is 19.0 Å². The van der Waals surface area contributed by atoms with Crippen molar-refractivity contribution in [2.45, 2.75) is 45.2 Å². The van der Waals surface area contributed by atoms with Gasteiger partial charge in [-0.3, -0.25) is 0 Å². The first-order chi connectivity index (χ1) is 6.72. The fraction of sp³-hybridized carbons (Fsp3) is 0.700. The quantitative estimate of drug-likeness (QED) is 0.814. The average molecular weight is 214 g/mol. The number of aryl methyl sites for hydroxylation is 1. The molecule has 1 aliphatic heterocycles. The minimum atomic E-state index is 0.267. The lowest BCUT2D eigenvalue weighted by molar-refractivity contribution is 0.448. The van der Waals surface area contributed by atoms with Gasteiger partial charge in [-0.2, -0.15) is 0 Å². The second kappa shape index (κ2) is 3.91. The molecule has 0 radical (unpaired) electrons. The van der Waals surface area contributed by atoms with E-state index in [0.29, 0.717) is 5.15 Å². The number of nitrogens with two attached hydrogens (primary N) is 1. The minimum Gasteiger partial charge on any atom is -0.329 e. The maximum Gasteiger partial charge on any atom is 0.150 e. The average Bonchev–Trinajstić information content (AvgIpc) is 2.44. The van der Waals surface area contributed by atoms with Crippen molar-refractivity contribution < 1.29 is 0 Å². The Morgan fingerprint density at radius 2 is 2.43 bits per heavy atom. The molecule has 14 heavy (non-hydrogen) atoms. The summed E-state index contributed by atoms with van der Waals surface area (Å²) in [7, 11) is 0. The second-order valence-electron chi connectivity index (χ2n) is 3.92. The summed E-state index contributed by atoms with van der Waals surface area (Å²) in [6.45, 7) is 3.03. The summed E-state index contributed by atoms with van der Waals surface area (Å²) in [6.07, 6.45) is 4.09. The molecule has 78 valence electrons. The van der Waals surface area contributed by atoms with Gasteiger partial charge >= 0.3 is 0 Å². The number of fused-ring (bicyclic) bond motifs is 1. The van der Waals surface area contributed by atoms with Crippen LogP contribution in [-0.2, 0) is 19.4 Å². The van der Waals surface area contributed by atoms with E-state index in [1.54, 1.807) is 0 Å². The lowest BCUT2D eigenvalue weighted by Crippen LogP contribution is -2.32. The van der Waals surface area contributed by atoms with Crippen LogP contribution in [0.15, 0.2) is 0 Å². The summed E-state index contributed by atoms with van der Waals surface area (Å²) in [5.74, 6) is 1.10. The lowest BCUT2D eigenvalue weighted by Gasteiger charge is -2.22. The molecule has 1 aliphatic rings. The van der Waals surface area contributed by atoms with Crippen molar-refractivity contribution in [3.63, 3.8) is 0 Å². The van der Waals surface area contributed by atoms with Crippen molar-refractivity contribution >= 4 is 11.6 Å². The maximum absolute atomic E-state index is 6.07. The van der Waals surface area contributed by atoms with Crippen LogP contribution in [-0.4, -0.2) is 15.6 Å². The number of hydrogen-bond acceptors (Lipinski definition) is 2. The minimum absolute atomic E-state index is 0.267. The molecule has 3 nitrogen and oxygen atoms in total. The topological polar surface area (TPSA) is 43.8 Å². The van der Waals surface area contributed by atoms with Crippen LogP contribution < -0.4 is 5.73 Å². The van der Waals surface area contributed by atoms with E-state index in [4.69, 9.17) is 17.3 Å². The molecule has 1 unspecified atom stereocenters. The predicted octanol–water partition coefficient (Wildman–Crippen LogP) is 1.76. The molecule has 0 saturated carbocycles. The standard InChI is InChI=1S/C10H16ClN3/c1-2-3-9-13-10(11)8-5-4-7(12)6-14(8)9/h7H,2-6,12H2,1H3. The van der Waals surface area contributed by atoms with Gasteiger partial charge < -0.3 is 10.3 Å². The normalized spacial score (nSPS) is 20.9. The Bertz CT molecular complexity index is 332. The van der Waals surface area contributed by atoms with Crippen LogP contribution in [0.5, 0.6) is 0 Å². The van der Waals surface area contributed by atoms with E-state index < -0.39 is 0 Å². The van der Waals surface area contributed by atoms with Gasteiger partial charge in [-0.15, -0.1) is 0 Å². The monoisotopic (exact) mass is 213 g/mol. The Hall–Kier alpha value is -0.540. The van der Waals surface area contributed by atoms with E-state index in [9.17, 15) is 0 Å². The largest absolute Gasteiger partial charge is 0.329 e. The maximum atomic E-state index is 6.07. The third-order valence-electron chi connectivity index (χ3n) is 2.75. The Labute approximate surface area is 89.3 Å². The molecule has 4 heteroatoms. The first kappa shape index (κ1) is 9.99. The van der Waals surface area contributed by atoms with Gasteiger partial charge in [-0.1, -0.05) is 18.5 Å².